The van der Waals surface area contributed by atoms with Crippen LogP contribution in [0.25, 0.3) is 0 Å². The summed E-state index contributed by atoms with van der Waals surface area (Å²) in [6, 6.07) is 11.6. The van der Waals surface area contributed by atoms with Crippen molar-refractivity contribution in [3.63, 3.8) is 0 Å². The molecule has 1 amide bonds. The summed E-state index contributed by atoms with van der Waals surface area (Å²) in [6.45, 7) is 5.04. The average Bonchev–Trinajstić information content (AvgIpc) is 2.67. The predicted octanol–water partition coefficient (Wildman–Crippen LogP) is 2.45. The summed E-state index contributed by atoms with van der Waals surface area (Å²) in [5.74, 6) is -0.369. The molecule has 156 valence electrons. The molecule has 0 aliphatic heterocycles. The Morgan fingerprint density at radius 1 is 1.07 bits per heavy atom. The van der Waals surface area contributed by atoms with Gasteiger partial charge < -0.3 is 14.8 Å². The maximum Gasteiger partial charge on any atom is 0.324 e. The van der Waals surface area contributed by atoms with E-state index in [-0.39, 0.29) is 17.4 Å². The van der Waals surface area contributed by atoms with Crippen LogP contribution in [0.2, 0.25) is 0 Å². The number of nitrogens with one attached hydrogen (secondary N) is 2. The highest BCUT2D eigenvalue weighted by molar-refractivity contribution is 7.89. The number of sulfonamides is 1. The Morgan fingerprint density at radius 2 is 1.72 bits per heavy atom. The molecule has 0 bridgehead atoms. The van der Waals surface area contributed by atoms with Crippen LogP contribution in [-0.2, 0) is 31.0 Å². The predicted molar refractivity (Wildman–Crippen MR) is 108 cm³/mol. The topological polar surface area (TPSA) is 111 Å². The van der Waals surface area contributed by atoms with E-state index in [9.17, 15) is 18.0 Å². The van der Waals surface area contributed by atoms with Gasteiger partial charge in [0.05, 0.1) is 11.5 Å². The fourth-order valence-electron chi connectivity index (χ4n) is 2.46. The van der Waals surface area contributed by atoms with E-state index in [0.717, 1.165) is 0 Å². The Balaban J connectivity index is 1.98. The van der Waals surface area contributed by atoms with Gasteiger partial charge in [-0.25, -0.2) is 8.42 Å². The molecule has 0 aliphatic rings. The standard InChI is InChI=1S/C20H24N2O6S/c1-4-27-19-8-6-5-7-16(19)13-28-20(24)14(2)22-29(25,26)18-11-9-17(10-12-18)21-15(3)23/h5-12,14,22H,4,13H2,1-3H3,(H,21,23)/t14-/m0/s1. The maximum absolute atomic E-state index is 12.5. The molecule has 8 nitrogen and oxygen atoms in total. The summed E-state index contributed by atoms with van der Waals surface area (Å²) in [7, 11) is -3.94. The minimum atomic E-state index is -3.94. The van der Waals surface area contributed by atoms with Crippen LogP contribution in [0.15, 0.2) is 53.4 Å². The van der Waals surface area contributed by atoms with Crippen molar-refractivity contribution in [2.24, 2.45) is 0 Å². The fourth-order valence-corrected chi connectivity index (χ4v) is 3.65. The minimum absolute atomic E-state index is 0.0343. The summed E-state index contributed by atoms with van der Waals surface area (Å²) in [6.07, 6.45) is 0. The normalized spacial score (nSPS) is 12.1. The summed E-state index contributed by atoms with van der Waals surface area (Å²) >= 11 is 0. The summed E-state index contributed by atoms with van der Waals surface area (Å²) in [4.78, 5) is 23.2. The molecule has 0 saturated carbocycles. The van der Waals surface area contributed by atoms with Gasteiger partial charge in [0.25, 0.3) is 0 Å². The molecule has 0 spiro atoms. The van der Waals surface area contributed by atoms with Gasteiger partial charge >= 0.3 is 5.97 Å². The second kappa shape index (κ2) is 10.0. The molecule has 0 aliphatic carbocycles. The number of carbonyl (C=O) groups excluding carboxylic acids is 2. The van der Waals surface area contributed by atoms with E-state index >= 15 is 0 Å². The third-order valence-corrected chi connectivity index (χ3v) is 5.37. The molecule has 0 aromatic heterocycles. The highest BCUT2D eigenvalue weighted by Gasteiger charge is 2.23. The number of para-hydroxylation sites is 1. The van der Waals surface area contributed by atoms with E-state index in [0.29, 0.717) is 23.6 Å². The zero-order valence-corrected chi connectivity index (χ0v) is 17.3. The molecule has 0 fully saturated rings. The van der Waals surface area contributed by atoms with Crippen LogP contribution in [0.1, 0.15) is 26.3 Å². The van der Waals surface area contributed by atoms with Gasteiger partial charge in [-0.3, -0.25) is 9.59 Å². The van der Waals surface area contributed by atoms with Crippen LogP contribution in [0.3, 0.4) is 0 Å². The van der Waals surface area contributed by atoms with E-state index in [1.54, 1.807) is 18.2 Å². The molecular weight excluding hydrogens is 396 g/mol. The van der Waals surface area contributed by atoms with E-state index in [1.807, 2.05) is 13.0 Å². The Morgan fingerprint density at radius 3 is 2.34 bits per heavy atom. The van der Waals surface area contributed by atoms with Crippen LogP contribution in [-0.4, -0.2) is 32.9 Å². The molecular formula is C20H24N2O6S. The van der Waals surface area contributed by atoms with Crippen LogP contribution < -0.4 is 14.8 Å². The van der Waals surface area contributed by atoms with Gasteiger partial charge in [0, 0.05) is 18.2 Å². The third kappa shape index (κ3) is 6.58. The van der Waals surface area contributed by atoms with Gasteiger partial charge in [-0.15, -0.1) is 0 Å². The second-order valence-electron chi connectivity index (χ2n) is 6.20. The fraction of sp³-hybridized carbons (Fsp3) is 0.300. The minimum Gasteiger partial charge on any atom is -0.493 e. The molecule has 2 N–H and O–H groups in total. The molecule has 2 aromatic rings. The number of carbonyl (C=O) groups is 2. The van der Waals surface area contributed by atoms with Gasteiger partial charge in [-0.05, 0) is 44.2 Å². The lowest BCUT2D eigenvalue weighted by Gasteiger charge is -2.15. The van der Waals surface area contributed by atoms with E-state index in [4.69, 9.17) is 9.47 Å². The Hall–Kier alpha value is -2.91. The van der Waals surface area contributed by atoms with Crippen LogP contribution in [0.5, 0.6) is 5.75 Å². The largest absolute Gasteiger partial charge is 0.493 e. The molecule has 1 atom stereocenters. The highest BCUT2D eigenvalue weighted by atomic mass is 32.2. The molecule has 29 heavy (non-hydrogen) atoms. The molecule has 9 heteroatoms. The maximum atomic E-state index is 12.5. The molecule has 2 rings (SSSR count). The third-order valence-electron chi connectivity index (χ3n) is 3.81. The highest BCUT2D eigenvalue weighted by Crippen LogP contribution is 2.19. The first-order chi connectivity index (χ1) is 13.7. The number of hydrogen-bond donors (Lipinski definition) is 2. The number of rotatable bonds is 9. The Labute approximate surface area is 170 Å². The number of hydrogen-bond acceptors (Lipinski definition) is 6. The summed E-state index contributed by atoms with van der Waals surface area (Å²) in [5, 5.41) is 2.55. The van der Waals surface area contributed by atoms with Gasteiger partial charge in [0.2, 0.25) is 15.9 Å². The van der Waals surface area contributed by atoms with Crippen molar-refractivity contribution in [3.05, 3.63) is 54.1 Å². The lowest BCUT2D eigenvalue weighted by molar-refractivity contribution is -0.146. The van der Waals surface area contributed by atoms with Gasteiger partial charge in [0.15, 0.2) is 0 Å². The number of esters is 1. The number of ether oxygens (including phenoxy) is 2. The van der Waals surface area contributed by atoms with E-state index < -0.39 is 22.0 Å². The summed E-state index contributed by atoms with van der Waals surface area (Å²) < 4.78 is 37.9. The van der Waals surface area contributed by atoms with Crippen LogP contribution in [0.4, 0.5) is 5.69 Å². The van der Waals surface area contributed by atoms with Crippen LogP contribution in [0, 0.1) is 0 Å². The zero-order valence-electron chi connectivity index (χ0n) is 16.5. The summed E-state index contributed by atoms with van der Waals surface area (Å²) in [5.41, 5.74) is 1.16. The zero-order chi connectivity index (χ0) is 21.4. The Bertz CT molecular complexity index is 957. The van der Waals surface area contributed by atoms with Gasteiger partial charge in [-0.2, -0.15) is 4.72 Å². The molecule has 0 heterocycles. The van der Waals surface area contributed by atoms with E-state index in [2.05, 4.69) is 10.0 Å². The van der Waals surface area contributed by atoms with Crippen molar-refractivity contribution >= 4 is 27.6 Å². The molecule has 2 aromatic carbocycles. The average molecular weight is 420 g/mol. The van der Waals surface area contributed by atoms with Crippen molar-refractivity contribution in [2.45, 2.75) is 38.3 Å². The quantitative estimate of drug-likeness (QED) is 0.603. The molecule has 0 unspecified atom stereocenters. The van der Waals surface area contributed by atoms with Gasteiger partial charge in [-0.1, -0.05) is 18.2 Å². The van der Waals surface area contributed by atoms with Crippen molar-refractivity contribution in [1.29, 1.82) is 0 Å². The van der Waals surface area contributed by atoms with Gasteiger partial charge in [0.1, 0.15) is 18.4 Å². The number of amides is 1. The lowest BCUT2D eigenvalue weighted by atomic mass is 10.2. The smallest absolute Gasteiger partial charge is 0.324 e. The number of benzene rings is 2. The van der Waals surface area contributed by atoms with Crippen molar-refractivity contribution in [3.8, 4) is 5.75 Å². The second-order valence-corrected chi connectivity index (χ2v) is 7.91. The van der Waals surface area contributed by atoms with Crippen molar-refractivity contribution in [2.75, 3.05) is 11.9 Å². The number of anilines is 1. The monoisotopic (exact) mass is 420 g/mol. The SMILES string of the molecule is CCOc1ccccc1COC(=O)[C@H](C)NS(=O)(=O)c1ccc(NC(C)=O)cc1. The first kappa shape index (κ1) is 22.4. The molecule has 0 radical (unpaired) electrons. The van der Waals surface area contributed by atoms with E-state index in [1.165, 1.54) is 38.1 Å². The molecule has 0 saturated heterocycles. The lowest BCUT2D eigenvalue weighted by Crippen LogP contribution is -2.39. The Kier molecular flexibility index (Phi) is 7.74. The van der Waals surface area contributed by atoms with Crippen molar-refractivity contribution in [1.82, 2.24) is 4.72 Å². The van der Waals surface area contributed by atoms with Crippen LogP contribution >= 0.6 is 0 Å². The first-order valence-electron chi connectivity index (χ1n) is 9.00. The van der Waals surface area contributed by atoms with Crippen molar-refractivity contribution < 1.29 is 27.5 Å². The first-order valence-corrected chi connectivity index (χ1v) is 10.5.